The third-order valence-electron chi connectivity index (χ3n) is 3.02. The van der Waals surface area contributed by atoms with Crippen molar-refractivity contribution in [2.24, 2.45) is 5.92 Å². The summed E-state index contributed by atoms with van der Waals surface area (Å²) in [5.74, 6) is 0.632. The molecule has 1 saturated carbocycles. The molecule has 1 aromatic rings. The summed E-state index contributed by atoms with van der Waals surface area (Å²) in [6.45, 7) is 1.35. The number of hydrogen-bond donors (Lipinski definition) is 2. The minimum atomic E-state index is -3.19. The number of rotatable bonds is 7. The van der Waals surface area contributed by atoms with Crippen LogP contribution >= 0.6 is 0 Å². The first-order chi connectivity index (χ1) is 8.59. The molecule has 0 aliphatic heterocycles. The summed E-state index contributed by atoms with van der Waals surface area (Å²) in [5.41, 5.74) is 1.94. The summed E-state index contributed by atoms with van der Waals surface area (Å²) >= 11 is 0. The molecular weight excluding hydrogens is 248 g/mol. The highest BCUT2D eigenvalue weighted by atomic mass is 32.2. The molecule has 0 amide bonds. The average molecular weight is 268 g/mol. The van der Waals surface area contributed by atoms with Gasteiger partial charge in [-0.1, -0.05) is 24.3 Å². The van der Waals surface area contributed by atoms with Gasteiger partial charge in [-0.3, -0.25) is 0 Å². The molecule has 0 bridgehead atoms. The lowest BCUT2D eigenvalue weighted by Crippen LogP contribution is -2.27. The van der Waals surface area contributed by atoms with Crippen LogP contribution in [0.3, 0.4) is 0 Å². The first-order valence-corrected chi connectivity index (χ1v) is 7.94. The lowest BCUT2D eigenvalue weighted by Gasteiger charge is -2.07. The molecule has 5 heteroatoms. The van der Waals surface area contributed by atoms with Gasteiger partial charge in [-0.05, 0) is 36.9 Å². The fraction of sp³-hybridized carbons (Fsp3) is 0.538. The predicted molar refractivity (Wildman–Crippen MR) is 72.6 cm³/mol. The molecule has 0 aromatic heterocycles. The molecule has 0 unspecified atom stereocenters. The summed E-state index contributed by atoms with van der Waals surface area (Å²) in [5, 5.41) is 3.06. The van der Waals surface area contributed by atoms with Gasteiger partial charge in [0.2, 0.25) is 10.0 Å². The predicted octanol–water partition coefficient (Wildman–Crippen LogP) is 1.24. The van der Waals surface area contributed by atoms with Crippen LogP contribution in [0, 0.1) is 5.92 Å². The van der Waals surface area contributed by atoms with E-state index < -0.39 is 10.0 Å². The van der Waals surface area contributed by atoms with Crippen molar-refractivity contribution in [3.05, 3.63) is 35.4 Å². The molecular formula is C13H20N2O2S. The molecule has 4 nitrogen and oxygen atoms in total. The van der Waals surface area contributed by atoms with Crippen molar-refractivity contribution in [2.45, 2.75) is 25.1 Å². The van der Waals surface area contributed by atoms with E-state index in [0.717, 1.165) is 30.5 Å². The van der Waals surface area contributed by atoms with Crippen LogP contribution in [0.25, 0.3) is 0 Å². The van der Waals surface area contributed by atoms with Crippen LogP contribution < -0.4 is 10.0 Å². The zero-order chi connectivity index (χ0) is 13.0. The van der Waals surface area contributed by atoms with Gasteiger partial charge in [0, 0.05) is 13.1 Å². The Balaban J connectivity index is 1.95. The fourth-order valence-corrected chi connectivity index (χ4v) is 3.08. The van der Waals surface area contributed by atoms with E-state index in [0.29, 0.717) is 12.5 Å². The summed E-state index contributed by atoms with van der Waals surface area (Å²) in [4.78, 5) is 0. The Morgan fingerprint density at radius 3 is 2.67 bits per heavy atom. The molecule has 0 radical (unpaired) electrons. The van der Waals surface area contributed by atoms with Gasteiger partial charge in [0.1, 0.15) is 0 Å². The van der Waals surface area contributed by atoms with Crippen molar-refractivity contribution in [2.75, 3.05) is 13.6 Å². The van der Waals surface area contributed by atoms with Crippen molar-refractivity contribution >= 4 is 10.0 Å². The van der Waals surface area contributed by atoms with E-state index in [1.807, 2.05) is 31.3 Å². The maximum Gasteiger partial charge on any atom is 0.215 e. The maximum absolute atomic E-state index is 11.9. The monoisotopic (exact) mass is 268 g/mol. The molecule has 1 fully saturated rings. The van der Waals surface area contributed by atoms with Gasteiger partial charge in [-0.15, -0.1) is 0 Å². The number of hydrogen-bond acceptors (Lipinski definition) is 3. The molecule has 0 spiro atoms. The maximum atomic E-state index is 11.9. The smallest absolute Gasteiger partial charge is 0.215 e. The molecule has 1 aliphatic rings. The number of nitrogens with one attached hydrogen (secondary N) is 2. The van der Waals surface area contributed by atoms with Crippen molar-refractivity contribution < 1.29 is 8.42 Å². The van der Waals surface area contributed by atoms with Gasteiger partial charge < -0.3 is 5.32 Å². The first kappa shape index (κ1) is 13.5. The van der Waals surface area contributed by atoms with Crippen LogP contribution in [-0.4, -0.2) is 22.0 Å². The minimum Gasteiger partial charge on any atom is -0.316 e. The Labute approximate surface area is 109 Å². The van der Waals surface area contributed by atoms with Gasteiger partial charge in [-0.2, -0.15) is 0 Å². The fourth-order valence-electron chi connectivity index (χ4n) is 1.87. The van der Waals surface area contributed by atoms with Gasteiger partial charge >= 0.3 is 0 Å². The summed E-state index contributed by atoms with van der Waals surface area (Å²) in [6, 6.07) is 7.69. The number of sulfonamides is 1. The van der Waals surface area contributed by atoms with E-state index in [1.54, 1.807) is 0 Å². The largest absolute Gasteiger partial charge is 0.316 e. The van der Waals surface area contributed by atoms with Crippen molar-refractivity contribution in [3.8, 4) is 0 Å². The Hall–Kier alpha value is -0.910. The SMILES string of the molecule is CNCc1cccc(CS(=O)(=O)NCC2CC2)c1. The van der Waals surface area contributed by atoms with Crippen molar-refractivity contribution in [3.63, 3.8) is 0 Å². The summed E-state index contributed by atoms with van der Waals surface area (Å²) in [7, 11) is -1.32. The normalized spacial score (nSPS) is 15.8. The number of benzene rings is 1. The molecule has 18 heavy (non-hydrogen) atoms. The summed E-state index contributed by atoms with van der Waals surface area (Å²) in [6.07, 6.45) is 2.31. The van der Waals surface area contributed by atoms with E-state index in [2.05, 4.69) is 10.0 Å². The third kappa shape index (κ3) is 4.40. The van der Waals surface area contributed by atoms with Gasteiger partial charge in [0.05, 0.1) is 5.75 Å². The lowest BCUT2D eigenvalue weighted by atomic mass is 10.1. The lowest BCUT2D eigenvalue weighted by molar-refractivity contribution is 0.576. The molecule has 2 N–H and O–H groups in total. The van der Waals surface area contributed by atoms with Crippen molar-refractivity contribution in [1.29, 1.82) is 0 Å². The highest BCUT2D eigenvalue weighted by molar-refractivity contribution is 7.88. The Morgan fingerprint density at radius 2 is 2.00 bits per heavy atom. The Morgan fingerprint density at radius 1 is 1.28 bits per heavy atom. The molecule has 0 atom stereocenters. The van der Waals surface area contributed by atoms with Crippen LogP contribution in [0.5, 0.6) is 0 Å². The molecule has 1 aromatic carbocycles. The highest BCUT2D eigenvalue weighted by Gasteiger charge is 2.23. The molecule has 2 rings (SSSR count). The van der Waals surface area contributed by atoms with E-state index in [1.165, 1.54) is 0 Å². The van der Waals surface area contributed by atoms with E-state index in [-0.39, 0.29) is 5.75 Å². The van der Waals surface area contributed by atoms with Gasteiger partial charge in [0.15, 0.2) is 0 Å². The second kappa shape index (κ2) is 5.82. The Kier molecular flexibility index (Phi) is 4.37. The highest BCUT2D eigenvalue weighted by Crippen LogP contribution is 2.27. The van der Waals surface area contributed by atoms with E-state index in [4.69, 9.17) is 0 Å². The third-order valence-corrected chi connectivity index (χ3v) is 4.34. The van der Waals surface area contributed by atoms with Gasteiger partial charge in [-0.25, -0.2) is 13.1 Å². The first-order valence-electron chi connectivity index (χ1n) is 6.29. The minimum absolute atomic E-state index is 0.0667. The molecule has 1 aliphatic carbocycles. The van der Waals surface area contributed by atoms with Crippen LogP contribution in [-0.2, 0) is 22.3 Å². The Bertz CT molecular complexity index is 495. The second-order valence-electron chi connectivity index (χ2n) is 4.90. The molecule has 100 valence electrons. The average Bonchev–Trinajstić information content (AvgIpc) is 3.10. The summed E-state index contributed by atoms with van der Waals surface area (Å²) < 4.78 is 26.4. The standard InChI is InChI=1S/C13H20N2O2S/c1-14-8-12-3-2-4-13(7-12)10-18(16,17)15-9-11-5-6-11/h2-4,7,11,14-15H,5-6,8-10H2,1H3. The zero-order valence-electron chi connectivity index (χ0n) is 10.6. The molecule has 0 saturated heterocycles. The quantitative estimate of drug-likeness (QED) is 0.782. The van der Waals surface area contributed by atoms with E-state index in [9.17, 15) is 8.42 Å². The topological polar surface area (TPSA) is 58.2 Å². The van der Waals surface area contributed by atoms with Crippen LogP contribution in [0.2, 0.25) is 0 Å². The van der Waals surface area contributed by atoms with Crippen LogP contribution in [0.15, 0.2) is 24.3 Å². The van der Waals surface area contributed by atoms with Crippen molar-refractivity contribution in [1.82, 2.24) is 10.0 Å². The van der Waals surface area contributed by atoms with Gasteiger partial charge in [0.25, 0.3) is 0 Å². The van der Waals surface area contributed by atoms with Crippen LogP contribution in [0.1, 0.15) is 24.0 Å². The second-order valence-corrected chi connectivity index (χ2v) is 6.71. The van der Waals surface area contributed by atoms with Crippen LogP contribution in [0.4, 0.5) is 0 Å². The van der Waals surface area contributed by atoms with E-state index >= 15 is 0 Å². The molecule has 0 heterocycles. The zero-order valence-corrected chi connectivity index (χ0v) is 11.5.